The molecule has 6 nitrogen and oxygen atoms in total. The van der Waals surface area contributed by atoms with Crippen LogP contribution in [0.15, 0.2) is 47.4 Å². The number of nitrogens with zero attached hydrogens (tertiary/aromatic N) is 1. The lowest BCUT2D eigenvalue weighted by Crippen LogP contribution is -2.36. The van der Waals surface area contributed by atoms with Crippen LogP contribution < -0.4 is 10.1 Å². The van der Waals surface area contributed by atoms with E-state index in [1.54, 1.807) is 13.2 Å². The monoisotopic (exact) mass is 478 g/mol. The summed E-state index contributed by atoms with van der Waals surface area (Å²) in [6.07, 6.45) is 3.42. The number of halogens is 1. The normalized spacial score (nSPS) is 16.0. The van der Waals surface area contributed by atoms with Crippen molar-refractivity contribution in [3.63, 3.8) is 0 Å². The Morgan fingerprint density at radius 1 is 1.09 bits per heavy atom. The number of rotatable bonds is 8. The van der Waals surface area contributed by atoms with Crippen molar-refractivity contribution in [1.82, 2.24) is 9.62 Å². The minimum Gasteiger partial charge on any atom is -0.497 e. The van der Waals surface area contributed by atoms with Crippen LogP contribution in [-0.4, -0.2) is 38.8 Å². The fraction of sp³-hybridized carbons (Fsp3) is 0.458. The van der Waals surface area contributed by atoms with Crippen molar-refractivity contribution in [1.29, 1.82) is 0 Å². The molecule has 1 aliphatic rings. The number of methoxy groups -OCH3 is 1. The highest BCUT2D eigenvalue weighted by Gasteiger charge is 2.29. The van der Waals surface area contributed by atoms with Crippen molar-refractivity contribution in [3.8, 4) is 5.75 Å². The highest BCUT2D eigenvalue weighted by Crippen LogP contribution is 2.29. The third kappa shape index (κ3) is 5.82. The maximum absolute atomic E-state index is 13.1. The van der Waals surface area contributed by atoms with Gasteiger partial charge in [0.1, 0.15) is 10.6 Å². The number of nitrogens with one attached hydrogen (secondary N) is 1. The first-order valence-electron chi connectivity index (χ1n) is 11.0. The van der Waals surface area contributed by atoms with E-state index in [1.807, 2.05) is 24.3 Å². The van der Waals surface area contributed by atoms with E-state index in [1.165, 1.54) is 16.4 Å². The Balaban J connectivity index is 1.86. The fourth-order valence-electron chi connectivity index (χ4n) is 3.91. The predicted molar refractivity (Wildman–Crippen MR) is 127 cm³/mol. The molecule has 1 heterocycles. The largest absolute Gasteiger partial charge is 0.497 e. The molecule has 1 aliphatic heterocycles. The lowest BCUT2D eigenvalue weighted by molar-refractivity contribution is 0.0931. The van der Waals surface area contributed by atoms with Crippen LogP contribution in [0.3, 0.4) is 0 Å². The Morgan fingerprint density at radius 3 is 2.34 bits per heavy atom. The second kappa shape index (κ2) is 10.7. The minimum absolute atomic E-state index is 0.0152. The number of carbonyl (C=O) groups excluding carboxylic acids is 1. The van der Waals surface area contributed by atoms with Crippen molar-refractivity contribution in [2.75, 3.05) is 20.2 Å². The number of ether oxygens (including phenoxy) is 1. The molecular weight excluding hydrogens is 448 g/mol. The Morgan fingerprint density at radius 2 is 1.75 bits per heavy atom. The van der Waals surface area contributed by atoms with Crippen LogP contribution in [0.5, 0.6) is 5.75 Å². The lowest BCUT2D eigenvalue weighted by atomic mass is 9.96. The highest BCUT2D eigenvalue weighted by molar-refractivity contribution is 7.89. The number of hydrogen-bond acceptors (Lipinski definition) is 4. The molecule has 2 aromatic carbocycles. The van der Waals surface area contributed by atoms with Gasteiger partial charge in [0.25, 0.3) is 5.91 Å². The SMILES string of the molecule is COc1ccc(C(CC(C)C)NC(=O)c2ccc(Cl)c(S(=O)(=O)N3CCCCC3)c2)cc1. The first-order chi connectivity index (χ1) is 15.2. The van der Waals surface area contributed by atoms with Gasteiger partial charge in [0.05, 0.1) is 18.2 Å². The van der Waals surface area contributed by atoms with Crippen LogP contribution in [0.4, 0.5) is 0 Å². The summed E-state index contributed by atoms with van der Waals surface area (Å²) in [5.74, 6) is 0.759. The molecule has 1 saturated heterocycles. The number of benzene rings is 2. The van der Waals surface area contributed by atoms with Gasteiger partial charge in [0.15, 0.2) is 0 Å². The van der Waals surface area contributed by atoms with Gasteiger partial charge in [-0.3, -0.25) is 4.79 Å². The number of hydrogen-bond donors (Lipinski definition) is 1. The second-order valence-electron chi connectivity index (χ2n) is 8.54. The summed E-state index contributed by atoms with van der Waals surface area (Å²) >= 11 is 6.25. The average Bonchev–Trinajstić information content (AvgIpc) is 2.79. The Labute approximate surface area is 196 Å². The molecule has 2 aromatic rings. The molecule has 1 atom stereocenters. The summed E-state index contributed by atoms with van der Waals surface area (Å²) in [6, 6.07) is 11.8. The van der Waals surface area contributed by atoms with Crippen molar-refractivity contribution in [2.24, 2.45) is 5.92 Å². The summed E-state index contributed by atoms with van der Waals surface area (Å²) in [7, 11) is -2.14. The van der Waals surface area contributed by atoms with E-state index in [2.05, 4.69) is 19.2 Å². The van der Waals surface area contributed by atoms with Crippen LogP contribution in [0, 0.1) is 5.92 Å². The van der Waals surface area contributed by atoms with Crippen LogP contribution in [0.25, 0.3) is 0 Å². The first-order valence-corrected chi connectivity index (χ1v) is 12.8. The van der Waals surface area contributed by atoms with E-state index in [9.17, 15) is 13.2 Å². The molecule has 0 radical (unpaired) electrons. The Kier molecular flexibility index (Phi) is 8.20. The van der Waals surface area contributed by atoms with E-state index in [4.69, 9.17) is 16.3 Å². The van der Waals surface area contributed by atoms with Crippen LogP contribution in [0.1, 0.15) is 61.5 Å². The molecule has 3 rings (SSSR count). The highest BCUT2D eigenvalue weighted by atomic mass is 35.5. The summed E-state index contributed by atoms with van der Waals surface area (Å²) in [6.45, 7) is 5.13. The number of piperidine rings is 1. The smallest absolute Gasteiger partial charge is 0.251 e. The molecule has 0 spiro atoms. The molecular formula is C24H31ClN2O4S. The van der Waals surface area contributed by atoms with Crippen LogP contribution in [-0.2, 0) is 10.0 Å². The minimum atomic E-state index is -3.75. The molecule has 1 fully saturated rings. The van der Waals surface area contributed by atoms with Gasteiger partial charge in [0.2, 0.25) is 10.0 Å². The number of sulfonamides is 1. The van der Waals surface area contributed by atoms with E-state index in [0.29, 0.717) is 19.0 Å². The van der Waals surface area contributed by atoms with E-state index in [0.717, 1.165) is 37.0 Å². The van der Waals surface area contributed by atoms with Gasteiger partial charge < -0.3 is 10.1 Å². The Hall–Kier alpha value is -2.09. The molecule has 8 heteroatoms. The van der Waals surface area contributed by atoms with E-state index in [-0.39, 0.29) is 27.4 Å². The molecule has 0 saturated carbocycles. The standard InChI is InChI=1S/C24H31ClN2O4S/c1-17(2)15-22(18-7-10-20(31-3)11-8-18)26-24(28)19-9-12-21(25)23(16-19)32(29,30)27-13-5-4-6-14-27/h7-12,16-17,22H,4-6,13-15H2,1-3H3,(H,26,28). The summed E-state index contributed by atoms with van der Waals surface area (Å²) in [5, 5.41) is 3.19. The maximum Gasteiger partial charge on any atom is 0.251 e. The maximum atomic E-state index is 13.1. The van der Waals surface area contributed by atoms with Gasteiger partial charge in [-0.05, 0) is 61.1 Å². The van der Waals surface area contributed by atoms with Gasteiger partial charge in [-0.15, -0.1) is 0 Å². The molecule has 0 bridgehead atoms. The van der Waals surface area contributed by atoms with Crippen LogP contribution >= 0.6 is 11.6 Å². The van der Waals surface area contributed by atoms with Crippen molar-refractivity contribution in [3.05, 3.63) is 58.6 Å². The predicted octanol–water partition coefficient (Wildman–Crippen LogP) is 5.04. The van der Waals surface area contributed by atoms with Crippen molar-refractivity contribution < 1.29 is 17.9 Å². The average molecular weight is 479 g/mol. The van der Waals surface area contributed by atoms with Crippen LogP contribution in [0.2, 0.25) is 5.02 Å². The van der Waals surface area contributed by atoms with E-state index >= 15 is 0 Å². The van der Waals surface area contributed by atoms with Gasteiger partial charge in [0, 0.05) is 18.7 Å². The molecule has 174 valence electrons. The summed E-state index contributed by atoms with van der Waals surface area (Å²) < 4.78 is 32.9. The van der Waals surface area contributed by atoms with Gasteiger partial charge >= 0.3 is 0 Å². The Bertz CT molecular complexity index is 1030. The first kappa shape index (κ1) is 24.6. The third-order valence-corrected chi connectivity index (χ3v) is 8.04. The second-order valence-corrected chi connectivity index (χ2v) is 10.9. The molecule has 0 aromatic heterocycles. The quantitative estimate of drug-likeness (QED) is 0.576. The molecule has 32 heavy (non-hydrogen) atoms. The molecule has 1 N–H and O–H groups in total. The molecule has 1 unspecified atom stereocenters. The zero-order valence-corrected chi connectivity index (χ0v) is 20.4. The lowest BCUT2D eigenvalue weighted by Gasteiger charge is -2.26. The molecule has 1 amide bonds. The third-order valence-electron chi connectivity index (χ3n) is 5.66. The van der Waals surface area contributed by atoms with Crippen molar-refractivity contribution in [2.45, 2.75) is 50.5 Å². The molecule has 0 aliphatic carbocycles. The zero-order chi connectivity index (χ0) is 23.3. The zero-order valence-electron chi connectivity index (χ0n) is 18.8. The van der Waals surface area contributed by atoms with Crippen molar-refractivity contribution >= 4 is 27.5 Å². The van der Waals surface area contributed by atoms with Gasteiger partial charge in [-0.2, -0.15) is 4.31 Å². The number of amides is 1. The summed E-state index contributed by atoms with van der Waals surface area (Å²) in [4.78, 5) is 13.1. The summed E-state index contributed by atoms with van der Waals surface area (Å²) in [5.41, 5.74) is 1.23. The topological polar surface area (TPSA) is 75.7 Å². The number of carbonyl (C=O) groups is 1. The van der Waals surface area contributed by atoms with E-state index < -0.39 is 10.0 Å². The van der Waals surface area contributed by atoms with Gasteiger partial charge in [-0.25, -0.2) is 8.42 Å². The fourth-order valence-corrected chi connectivity index (χ4v) is 5.93. The van der Waals surface area contributed by atoms with Gasteiger partial charge in [-0.1, -0.05) is 44.0 Å².